The average Bonchev–Trinajstić information content (AvgIpc) is 3.48. The van der Waals surface area contributed by atoms with E-state index in [0.717, 1.165) is 69.7 Å². The minimum atomic E-state index is -0.0720. The summed E-state index contributed by atoms with van der Waals surface area (Å²) >= 11 is 1.73. The van der Waals surface area contributed by atoms with Gasteiger partial charge in [-0.25, -0.2) is 0 Å². The van der Waals surface area contributed by atoms with Crippen LogP contribution in [0.4, 0.5) is 5.82 Å². The van der Waals surface area contributed by atoms with Gasteiger partial charge in [-0.15, -0.1) is 0 Å². The zero-order chi connectivity index (χ0) is 19.7. The number of rotatable bonds is 6. The molecule has 1 aliphatic carbocycles. The van der Waals surface area contributed by atoms with Crippen LogP contribution in [-0.2, 0) is 4.79 Å². The molecule has 5 rings (SSSR count). The summed E-state index contributed by atoms with van der Waals surface area (Å²) in [6, 6.07) is 8.44. The lowest BCUT2D eigenvalue weighted by atomic mass is 9.93. The predicted octanol–water partition coefficient (Wildman–Crippen LogP) is 3.36. The molecule has 1 unspecified atom stereocenters. The first-order chi connectivity index (χ1) is 14.3. The number of unbranched alkanes of at least 4 members (excludes halogenated alkanes) is 1. The molecule has 2 saturated heterocycles. The molecular formula is C22H31N5OS. The van der Waals surface area contributed by atoms with Gasteiger partial charge in [0.25, 0.3) is 0 Å². The SMILES string of the molecule is O=C1C(CCCCN2CCN(c3n[nH]c4ccccc34)CC2)NSC12CCCC2. The van der Waals surface area contributed by atoms with Crippen molar-refractivity contribution in [2.75, 3.05) is 37.6 Å². The fraction of sp³-hybridized carbons (Fsp3) is 0.636. The van der Waals surface area contributed by atoms with E-state index in [0.29, 0.717) is 5.78 Å². The van der Waals surface area contributed by atoms with Crippen molar-refractivity contribution in [3.63, 3.8) is 0 Å². The van der Waals surface area contributed by atoms with Crippen LogP contribution in [0.2, 0.25) is 0 Å². The number of piperazine rings is 1. The Morgan fingerprint density at radius 1 is 1.10 bits per heavy atom. The summed E-state index contributed by atoms with van der Waals surface area (Å²) in [6.07, 6.45) is 7.89. The van der Waals surface area contributed by atoms with E-state index in [4.69, 9.17) is 0 Å². The summed E-state index contributed by atoms with van der Waals surface area (Å²) in [7, 11) is 0. The molecule has 29 heavy (non-hydrogen) atoms. The Kier molecular flexibility index (Phi) is 5.54. The van der Waals surface area contributed by atoms with E-state index in [1.165, 1.54) is 24.6 Å². The largest absolute Gasteiger partial charge is 0.352 e. The number of anilines is 1. The number of hydrogen-bond donors (Lipinski definition) is 2. The number of aromatic nitrogens is 2. The van der Waals surface area contributed by atoms with Crippen LogP contribution in [0, 0.1) is 0 Å². The van der Waals surface area contributed by atoms with Gasteiger partial charge in [-0.2, -0.15) is 5.10 Å². The minimum Gasteiger partial charge on any atom is -0.352 e. The molecule has 1 spiro atoms. The van der Waals surface area contributed by atoms with Gasteiger partial charge in [0.05, 0.1) is 16.3 Å². The third kappa shape index (κ3) is 3.80. The maximum Gasteiger partial charge on any atom is 0.167 e. The molecule has 3 aliphatic rings. The first-order valence-corrected chi connectivity index (χ1v) is 12.0. The lowest BCUT2D eigenvalue weighted by Gasteiger charge is -2.35. The number of carbonyl (C=O) groups is 1. The van der Waals surface area contributed by atoms with Crippen LogP contribution in [0.3, 0.4) is 0 Å². The van der Waals surface area contributed by atoms with Gasteiger partial charge in [0.1, 0.15) is 0 Å². The van der Waals surface area contributed by atoms with E-state index in [-0.39, 0.29) is 10.8 Å². The Morgan fingerprint density at radius 2 is 1.90 bits per heavy atom. The standard InChI is InChI=1S/C22H31N5OS/c28-20-19(25-29-22(20)10-4-5-11-22)9-3-6-12-26-13-15-27(16-14-26)21-17-7-1-2-8-18(17)23-24-21/h1-2,7-8,19,25H,3-6,9-16H2,(H,23,24). The molecule has 156 valence electrons. The van der Waals surface area contributed by atoms with Crippen LogP contribution in [0.1, 0.15) is 44.9 Å². The van der Waals surface area contributed by atoms with Crippen molar-refractivity contribution in [2.24, 2.45) is 0 Å². The summed E-state index contributed by atoms with van der Waals surface area (Å²) < 4.78 is 3.38. The van der Waals surface area contributed by atoms with Crippen molar-refractivity contribution in [2.45, 2.75) is 55.7 Å². The number of fused-ring (bicyclic) bond motifs is 1. The van der Waals surface area contributed by atoms with Crippen molar-refractivity contribution in [3.8, 4) is 0 Å². The van der Waals surface area contributed by atoms with Crippen LogP contribution in [-0.4, -0.2) is 64.4 Å². The molecule has 1 aromatic heterocycles. The normalized spacial score (nSPS) is 24.9. The molecule has 3 fully saturated rings. The van der Waals surface area contributed by atoms with Gasteiger partial charge in [0, 0.05) is 31.6 Å². The molecule has 1 saturated carbocycles. The lowest BCUT2D eigenvalue weighted by molar-refractivity contribution is -0.122. The number of benzene rings is 1. The quantitative estimate of drug-likeness (QED) is 0.559. The molecule has 2 aliphatic heterocycles. The number of hydrogen-bond acceptors (Lipinski definition) is 6. The molecule has 0 amide bonds. The summed E-state index contributed by atoms with van der Waals surface area (Å²) in [5.74, 6) is 1.57. The molecule has 2 N–H and O–H groups in total. The third-order valence-electron chi connectivity index (χ3n) is 6.91. The number of aromatic amines is 1. The van der Waals surface area contributed by atoms with E-state index in [2.05, 4.69) is 42.9 Å². The van der Waals surface area contributed by atoms with Crippen LogP contribution >= 0.6 is 11.9 Å². The average molecular weight is 414 g/mol. The molecule has 2 aromatic rings. The number of Topliss-reactive ketones (excluding diaryl/α,β-unsaturated/α-hetero) is 1. The Morgan fingerprint density at radius 3 is 2.72 bits per heavy atom. The Balaban J connectivity index is 1.04. The predicted molar refractivity (Wildman–Crippen MR) is 119 cm³/mol. The maximum atomic E-state index is 12.8. The van der Waals surface area contributed by atoms with Crippen LogP contribution in [0.15, 0.2) is 24.3 Å². The van der Waals surface area contributed by atoms with E-state index < -0.39 is 0 Å². The molecule has 1 atom stereocenters. The van der Waals surface area contributed by atoms with E-state index >= 15 is 0 Å². The highest BCUT2D eigenvalue weighted by Gasteiger charge is 2.49. The molecule has 6 nitrogen and oxygen atoms in total. The molecule has 1 aromatic carbocycles. The van der Waals surface area contributed by atoms with Crippen molar-refractivity contribution >= 4 is 34.5 Å². The Hall–Kier alpha value is -1.57. The van der Waals surface area contributed by atoms with Crippen LogP contribution < -0.4 is 9.62 Å². The summed E-state index contributed by atoms with van der Waals surface area (Å²) in [6.45, 7) is 5.35. The summed E-state index contributed by atoms with van der Waals surface area (Å²) in [5.41, 5.74) is 1.11. The lowest BCUT2D eigenvalue weighted by Crippen LogP contribution is -2.46. The maximum absolute atomic E-state index is 12.8. The number of nitrogens with one attached hydrogen (secondary N) is 2. The fourth-order valence-electron chi connectivity index (χ4n) is 5.15. The second-order valence-electron chi connectivity index (χ2n) is 8.76. The number of ketones is 1. The van der Waals surface area contributed by atoms with E-state index in [1.54, 1.807) is 11.9 Å². The van der Waals surface area contributed by atoms with E-state index in [9.17, 15) is 4.79 Å². The molecule has 7 heteroatoms. The molecular weight excluding hydrogens is 382 g/mol. The van der Waals surface area contributed by atoms with Gasteiger partial charge < -0.3 is 4.90 Å². The monoisotopic (exact) mass is 413 g/mol. The third-order valence-corrected chi connectivity index (χ3v) is 8.32. The molecule has 0 radical (unpaired) electrons. The minimum absolute atomic E-state index is 0.0720. The Bertz CT molecular complexity index is 854. The zero-order valence-corrected chi connectivity index (χ0v) is 17.8. The fourth-order valence-corrected chi connectivity index (χ4v) is 6.48. The molecule has 0 bridgehead atoms. The van der Waals surface area contributed by atoms with Crippen molar-refractivity contribution in [3.05, 3.63) is 24.3 Å². The molecule has 3 heterocycles. The number of nitrogens with zero attached hydrogens (tertiary/aromatic N) is 3. The van der Waals surface area contributed by atoms with Gasteiger partial charge in [-0.3, -0.25) is 19.5 Å². The highest BCUT2D eigenvalue weighted by molar-refractivity contribution is 8.00. The highest BCUT2D eigenvalue weighted by Crippen LogP contribution is 2.46. The zero-order valence-electron chi connectivity index (χ0n) is 17.0. The van der Waals surface area contributed by atoms with Crippen molar-refractivity contribution < 1.29 is 4.79 Å². The van der Waals surface area contributed by atoms with Gasteiger partial charge >= 0.3 is 0 Å². The number of carbonyl (C=O) groups excluding carboxylic acids is 1. The number of H-pyrrole nitrogens is 1. The second kappa shape index (κ2) is 8.28. The first kappa shape index (κ1) is 19.4. The van der Waals surface area contributed by atoms with Crippen LogP contribution in [0.5, 0.6) is 0 Å². The second-order valence-corrected chi connectivity index (χ2v) is 9.98. The summed E-state index contributed by atoms with van der Waals surface area (Å²) in [5, 5.41) is 8.90. The van der Waals surface area contributed by atoms with Gasteiger partial charge in [-0.1, -0.05) is 43.3 Å². The number of para-hydroxylation sites is 1. The topological polar surface area (TPSA) is 64.3 Å². The first-order valence-electron chi connectivity index (χ1n) is 11.1. The highest BCUT2D eigenvalue weighted by atomic mass is 32.2. The summed E-state index contributed by atoms with van der Waals surface area (Å²) in [4.78, 5) is 17.7. The van der Waals surface area contributed by atoms with E-state index in [1.807, 2.05) is 6.07 Å². The van der Waals surface area contributed by atoms with Gasteiger partial charge in [-0.05, 0) is 44.4 Å². The van der Waals surface area contributed by atoms with Gasteiger partial charge in [0.15, 0.2) is 11.6 Å². The Labute approximate surface area is 176 Å². The van der Waals surface area contributed by atoms with Crippen molar-refractivity contribution in [1.29, 1.82) is 0 Å². The van der Waals surface area contributed by atoms with Crippen molar-refractivity contribution in [1.82, 2.24) is 19.8 Å². The van der Waals surface area contributed by atoms with Crippen LogP contribution in [0.25, 0.3) is 10.9 Å². The smallest absolute Gasteiger partial charge is 0.167 e. The van der Waals surface area contributed by atoms with Gasteiger partial charge in [0.2, 0.25) is 0 Å².